The van der Waals surface area contributed by atoms with Crippen LogP contribution in [0.15, 0.2) is 11.0 Å². The van der Waals surface area contributed by atoms with Crippen molar-refractivity contribution in [3.63, 3.8) is 0 Å². The smallest absolute Gasteiger partial charge is 0.287 e. The van der Waals surface area contributed by atoms with Crippen LogP contribution in [0, 0.1) is 5.92 Å². The van der Waals surface area contributed by atoms with E-state index in [1.807, 2.05) is 19.0 Å². The van der Waals surface area contributed by atoms with Crippen LogP contribution in [0.3, 0.4) is 0 Å². The molecule has 0 aromatic carbocycles. The lowest BCUT2D eigenvalue weighted by atomic mass is 10.0. The van der Waals surface area contributed by atoms with E-state index < -0.39 is 0 Å². The van der Waals surface area contributed by atoms with Gasteiger partial charge in [0.05, 0.1) is 18.4 Å². The minimum Gasteiger partial charge on any atom is -0.379 e. The van der Waals surface area contributed by atoms with E-state index in [0.717, 1.165) is 25.8 Å². The SMILES string of the molecule is CN(C)CCn1ncc(NC2CCCC2CN)c(Cl)c1=O. The van der Waals surface area contributed by atoms with Gasteiger partial charge in [-0.05, 0) is 39.4 Å². The predicted molar refractivity (Wildman–Crippen MR) is 85.9 cm³/mol. The molecule has 0 aliphatic heterocycles. The molecule has 0 radical (unpaired) electrons. The Bertz CT molecular complexity index is 531. The number of nitrogens with two attached hydrogens (primary N) is 1. The molecule has 0 saturated heterocycles. The molecule has 118 valence electrons. The molecule has 1 saturated carbocycles. The van der Waals surface area contributed by atoms with Crippen molar-refractivity contribution in [3.05, 3.63) is 21.6 Å². The summed E-state index contributed by atoms with van der Waals surface area (Å²) in [5.74, 6) is 0.442. The molecule has 1 aliphatic carbocycles. The summed E-state index contributed by atoms with van der Waals surface area (Å²) in [4.78, 5) is 14.2. The van der Waals surface area contributed by atoms with Gasteiger partial charge in [0.15, 0.2) is 0 Å². The van der Waals surface area contributed by atoms with Crippen LogP contribution in [0.4, 0.5) is 5.69 Å². The van der Waals surface area contributed by atoms with Crippen LogP contribution in [0.1, 0.15) is 19.3 Å². The van der Waals surface area contributed by atoms with Gasteiger partial charge in [-0.1, -0.05) is 18.0 Å². The Balaban J connectivity index is 2.11. The normalized spacial score (nSPS) is 22.0. The monoisotopic (exact) mass is 313 g/mol. The Hall–Kier alpha value is -1.11. The van der Waals surface area contributed by atoms with Crippen LogP contribution in [0.25, 0.3) is 0 Å². The molecule has 21 heavy (non-hydrogen) atoms. The van der Waals surface area contributed by atoms with Gasteiger partial charge in [0.25, 0.3) is 5.56 Å². The molecule has 0 spiro atoms. The third kappa shape index (κ3) is 3.96. The minimum absolute atomic E-state index is 0.214. The van der Waals surface area contributed by atoms with Gasteiger partial charge in [0, 0.05) is 12.6 Å². The number of nitrogens with one attached hydrogen (secondary N) is 1. The Morgan fingerprint density at radius 2 is 2.29 bits per heavy atom. The number of hydrogen-bond donors (Lipinski definition) is 2. The Kier molecular flexibility index (Phi) is 5.61. The summed E-state index contributed by atoms with van der Waals surface area (Å²) >= 11 is 6.20. The van der Waals surface area contributed by atoms with Crippen molar-refractivity contribution in [2.45, 2.75) is 31.8 Å². The Labute approximate surface area is 130 Å². The second-order valence-corrected chi connectivity index (χ2v) is 6.26. The maximum atomic E-state index is 12.2. The number of halogens is 1. The third-order valence-electron chi connectivity index (χ3n) is 4.05. The number of rotatable bonds is 6. The molecule has 2 rings (SSSR count). The lowest BCUT2D eigenvalue weighted by Gasteiger charge is -2.21. The molecule has 0 bridgehead atoms. The van der Waals surface area contributed by atoms with E-state index in [9.17, 15) is 4.79 Å². The first-order valence-corrected chi connectivity index (χ1v) is 7.77. The molecule has 1 aromatic heterocycles. The second kappa shape index (κ2) is 7.24. The number of likely N-dealkylation sites (N-methyl/N-ethyl adjacent to an activating group) is 1. The minimum atomic E-state index is -0.245. The van der Waals surface area contributed by atoms with E-state index >= 15 is 0 Å². The largest absolute Gasteiger partial charge is 0.379 e. The molecule has 1 heterocycles. The number of hydrogen-bond acceptors (Lipinski definition) is 5. The zero-order chi connectivity index (χ0) is 15.4. The third-order valence-corrected chi connectivity index (χ3v) is 4.41. The van der Waals surface area contributed by atoms with Crippen molar-refractivity contribution in [1.82, 2.24) is 14.7 Å². The standard InChI is InChI=1S/C14H24ClN5O/c1-19(2)6-7-20-14(21)13(15)12(9-17-20)18-11-5-3-4-10(11)8-16/h9-11,18H,3-8,16H2,1-2H3. The van der Waals surface area contributed by atoms with Gasteiger partial charge >= 0.3 is 0 Å². The summed E-state index contributed by atoms with van der Waals surface area (Å²) in [6.07, 6.45) is 4.98. The molecular weight excluding hydrogens is 290 g/mol. The molecule has 1 aliphatic rings. The van der Waals surface area contributed by atoms with Gasteiger partial charge < -0.3 is 16.0 Å². The van der Waals surface area contributed by atoms with Crippen molar-refractivity contribution in [2.24, 2.45) is 11.7 Å². The fourth-order valence-corrected chi connectivity index (χ4v) is 2.93. The first kappa shape index (κ1) is 16.3. The van der Waals surface area contributed by atoms with Crippen molar-refractivity contribution >= 4 is 17.3 Å². The summed E-state index contributed by atoms with van der Waals surface area (Å²) in [6.45, 7) is 1.93. The predicted octanol–water partition coefficient (Wildman–Crippen LogP) is 0.998. The highest BCUT2D eigenvalue weighted by Gasteiger charge is 2.26. The quantitative estimate of drug-likeness (QED) is 0.819. The summed E-state index contributed by atoms with van der Waals surface area (Å²) < 4.78 is 1.41. The Morgan fingerprint density at radius 1 is 1.52 bits per heavy atom. The molecular formula is C14H24ClN5O. The summed E-state index contributed by atoms with van der Waals surface area (Å²) in [6, 6.07) is 0.284. The van der Waals surface area contributed by atoms with Crippen molar-refractivity contribution in [2.75, 3.05) is 32.5 Å². The van der Waals surface area contributed by atoms with E-state index in [1.165, 1.54) is 4.68 Å². The van der Waals surface area contributed by atoms with Crippen LogP contribution in [-0.4, -0.2) is 47.9 Å². The zero-order valence-electron chi connectivity index (χ0n) is 12.7. The fraction of sp³-hybridized carbons (Fsp3) is 0.714. The topological polar surface area (TPSA) is 76.2 Å². The van der Waals surface area contributed by atoms with Crippen molar-refractivity contribution in [3.8, 4) is 0 Å². The average molecular weight is 314 g/mol. The van der Waals surface area contributed by atoms with Crippen molar-refractivity contribution < 1.29 is 0 Å². The molecule has 1 fully saturated rings. The Morgan fingerprint density at radius 3 is 2.95 bits per heavy atom. The summed E-state index contributed by atoms with van der Waals surface area (Å²) in [7, 11) is 3.91. The lowest BCUT2D eigenvalue weighted by molar-refractivity contribution is 0.367. The summed E-state index contributed by atoms with van der Waals surface area (Å²) in [5.41, 5.74) is 6.15. The second-order valence-electron chi connectivity index (χ2n) is 5.88. The molecule has 3 N–H and O–H groups in total. The van der Waals surface area contributed by atoms with Crippen LogP contribution in [-0.2, 0) is 6.54 Å². The van der Waals surface area contributed by atoms with E-state index in [0.29, 0.717) is 24.7 Å². The maximum absolute atomic E-state index is 12.2. The molecule has 0 amide bonds. The first-order chi connectivity index (χ1) is 10.0. The van der Waals surface area contributed by atoms with Crippen LogP contribution >= 0.6 is 11.6 Å². The van der Waals surface area contributed by atoms with Gasteiger partial charge in [-0.15, -0.1) is 0 Å². The van der Waals surface area contributed by atoms with Crippen LogP contribution < -0.4 is 16.6 Å². The first-order valence-electron chi connectivity index (χ1n) is 7.40. The van der Waals surface area contributed by atoms with Gasteiger partial charge in [0.1, 0.15) is 5.02 Å². The molecule has 2 atom stereocenters. The van der Waals surface area contributed by atoms with Crippen molar-refractivity contribution in [1.29, 1.82) is 0 Å². The fourth-order valence-electron chi connectivity index (χ4n) is 2.73. The zero-order valence-corrected chi connectivity index (χ0v) is 13.4. The number of nitrogens with zero attached hydrogens (tertiary/aromatic N) is 3. The number of aromatic nitrogens is 2. The lowest BCUT2D eigenvalue weighted by Crippen LogP contribution is -2.32. The molecule has 6 nitrogen and oxygen atoms in total. The van der Waals surface area contributed by atoms with Gasteiger partial charge in [0.2, 0.25) is 0 Å². The number of anilines is 1. The highest BCUT2D eigenvalue weighted by Crippen LogP contribution is 2.29. The van der Waals surface area contributed by atoms with E-state index in [2.05, 4.69) is 10.4 Å². The van der Waals surface area contributed by atoms with Gasteiger partial charge in [-0.2, -0.15) is 5.10 Å². The molecule has 7 heteroatoms. The maximum Gasteiger partial charge on any atom is 0.287 e. The molecule has 2 unspecified atom stereocenters. The highest BCUT2D eigenvalue weighted by molar-refractivity contribution is 6.32. The van der Waals surface area contributed by atoms with E-state index in [4.69, 9.17) is 17.3 Å². The van der Waals surface area contributed by atoms with E-state index in [1.54, 1.807) is 6.20 Å². The summed E-state index contributed by atoms with van der Waals surface area (Å²) in [5, 5.41) is 7.76. The van der Waals surface area contributed by atoms with E-state index in [-0.39, 0.29) is 16.6 Å². The van der Waals surface area contributed by atoms with Crippen LogP contribution in [0.2, 0.25) is 5.02 Å². The van der Waals surface area contributed by atoms with Crippen LogP contribution in [0.5, 0.6) is 0 Å². The average Bonchev–Trinajstić information content (AvgIpc) is 2.90. The van der Waals surface area contributed by atoms with Gasteiger partial charge in [-0.25, -0.2) is 4.68 Å². The highest BCUT2D eigenvalue weighted by atomic mass is 35.5. The molecule has 1 aromatic rings. The van der Waals surface area contributed by atoms with Gasteiger partial charge in [-0.3, -0.25) is 4.79 Å².